The van der Waals surface area contributed by atoms with Gasteiger partial charge >= 0.3 is 0 Å². The molecule has 2 N–H and O–H groups in total. The van der Waals surface area contributed by atoms with Gasteiger partial charge in [-0.2, -0.15) is 0 Å². The number of amides is 2. The van der Waals surface area contributed by atoms with Gasteiger partial charge in [-0.05, 0) is 37.3 Å². The molecule has 0 radical (unpaired) electrons. The molecule has 132 valence electrons. The third kappa shape index (κ3) is 5.56. The molecule has 0 heterocycles. The molecule has 0 bridgehead atoms. The first-order valence-corrected chi connectivity index (χ1v) is 7.62. The third-order valence-corrected chi connectivity index (χ3v) is 3.21. The second-order valence-corrected chi connectivity index (χ2v) is 5.47. The lowest BCUT2D eigenvalue weighted by Gasteiger charge is -2.16. The molecule has 2 amide bonds. The predicted octanol–water partition coefficient (Wildman–Crippen LogP) is 3.12. The Morgan fingerprint density at radius 3 is 2.60 bits per heavy atom. The van der Waals surface area contributed by atoms with Crippen molar-refractivity contribution in [1.29, 1.82) is 0 Å². The number of carbonyl (C=O) groups excluding carboxylic acids is 2. The minimum atomic E-state index is -0.703. The lowest BCUT2D eigenvalue weighted by molar-refractivity contribution is -0.114. The Bertz CT molecular complexity index is 781. The van der Waals surface area contributed by atoms with Gasteiger partial charge in [0.05, 0.1) is 12.1 Å². The number of ether oxygens (including phenoxy) is 1. The molecular weight excluding hydrogens is 330 g/mol. The van der Waals surface area contributed by atoms with Crippen LogP contribution in [0.5, 0.6) is 5.75 Å². The Hall–Kier alpha value is -2.96. The van der Waals surface area contributed by atoms with Crippen molar-refractivity contribution in [2.75, 3.05) is 11.9 Å². The summed E-state index contributed by atoms with van der Waals surface area (Å²) in [6.07, 6.45) is -0.452. The van der Waals surface area contributed by atoms with Crippen LogP contribution in [-0.4, -0.2) is 24.5 Å². The van der Waals surface area contributed by atoms with E-state index >= 15 is 0 Å². The van der Waals surface area contributed by atoms with Gasteiger partial charge in [0.1, 0.15) is 23.5 Å². The molecule has 0 aromatic heterocycles. The van der Waals surface area contributed by atoms with Crippen molar-refractivity contribution < 1.29 is 23.1 Å². The monoisotopic (exact) mass is 348 g/mol. The molecule has 0 aliphatic heterocycles. The largest absolute Gasteiger partial charge is 0.489 e. The number of anilines is 1. The lowest BCUT2D eigenvalue weighted by Crippen LogP contribution is -2.34. The van der Waals surface area contributed by atoms with Gasteiger partial charge in [-0.1, -0.05) is 6.07 Å². The standard InChI is InChI=1S/C18H18F2N2O3/c1-11(25-15-5-3-4-13(19)8-15)10-21-18(24)16-9-14(22-12(2)23)6-7-17(16)20/h3-9,11H,10H2,1-2H3,(H,21,24)(H,22,23)/t11-/m1/s1. The molecule has 2 rings (SSSR count). The second-order valence-electron chi connectivity index (χ2n) is 5.47. The Balaban J connectivity index is 1.96. The van der Waals surface area contributed by atoms with E-state index in [1.54, 1.807) is 13.0 Å². The van der Waals surface area contributed by atoms with E-state index in [0.717, 1.165) is 6.07 Å². The number of hydrogen-bond donors (Lipinski definition) is 2. The maximum atomic E-state index is 13.8. The van der Waals surface area contributed by atoms with Crippen molar-refractivity contribution >= 4 is 17.5 Å². The average molecular weight is 348 g/mol. The summed E-state index contributed by atoms with van der Waals surface area (Å²) < 4.78 is 32.4. The Labute approximate surface area is 144 Å². The predicted molar refractivity (Wildman–Crippen MR) is 89.5 cm³/mol. The summed E-state index contributed by atoms with van der Waals surface area (Å²) in [5.74, 6) is -1.76. The highest BCUT2D eigenvalue weighted by Crippen LogP contribution is 2.16. The smallest absolute Gasteiger partial charge is 0.254 e. The van der Waals surface area contributed by atoms with Crippen LogP contribution in [0.2, 0.25) is 0 Å². The molecule has 7 heteroatoms. The van der Waals surface area contributed by atoms with Crippen LogP contribution in [0.4, 0.5) is 14.5 Å². The highest BCUT2D eigenvalue weighted by molar-refractivity contribution is 5.97. The summed E-state index contributed by atoms with van der Waals surface area (Å²) in [6.45, 7) is 3.10. The van der Waals surface area contributed by atoms with E-state index in [1.807, 2.05) is 0 Å². The minimum absolute atomic E-state index is 0.0964. The third-order valence-electron chi connectivity index (χ3n) is 3.21. The maximum Gasteiger partial charge on any atom is 0.254 e. The van der Waals surface area contributed by atoms with E-state index in [2.05, 4.69) is 10.6 Å². The van der Waals surface area contributed by atoms with Gasteiger partial charge in [0.2, 0.25) is 5.91 Å². The van der Waals surface area contributed by atoms with Crippen LogP contribution in [0.15, 0.2) is 42.5 Å². The first-order chi connectivity index (χ1) is 11.8. The van der Waals surface area contributed by atoms with Crippen molar-refractivity contribution in [3.63, 3.8) is 0 Å². The molecule has 0 unspecified atom stereocenters. The zero-order chi connectivity index (χ0) is 18.4. The van der Waals surface area contributed by atoms with Crippen LogP contribution < -0.4 is 15.4 Å². The highest BCUT2D eigenvalue weighted by Gasteiger charge is 2.14. The molecule has 0 saturated carbocycles. The Morgan fingerprint density at radius 2 is 1.92 bits per heavy atom. The van der Waals surface area contributed by atoms with Gasteiger partial charge < -0.3 is 15.4 Å². The normalized spacial score (nSPS) is 11.5. The molecule has 0 aliphatic rings. The molecule has 0 spiro atoms. The first-order valence-electron chi connectivity index (χ1n) is 7.62. The fourth-order valence-electron chi connectivity index (χ4n) is 2.13. The van der Waals surface area contributed by atoms with Crippen LogP contribution >= 0.6 is 0 Å². The number of nitrogens with one attached hydrogen (secondary N) is 2. The second kappa shape index (κ2) is 8.23. The summed E-state index contributed by atoms with van der Waals surface area (Å²) in [5, 5.41) is 5.03. The van der Waals surface area contributed by atoms with Crippen LogP contribution in [0.3, 0.4) is 0 Å². The zero-order valence-electron chi connectivity index (χ0n) is 13.8. The van der Waals surface area contributed by atoms with Gasteiger partial charge in [-0.15, -0.1) is 0 Å². The molecule has 0 fully saturated rings. The molecule has 0 aliphatic carbocycles. The van der Waals surface area contributed by atoms with Gasteiger partial charge in [0.25, 0.3) is 5.91 Å². The molecular formula is C18H18F2N2O3. The van der Waals surface area contributed by atoms with E-state index in [1.165, 1.54) is 37.3 Å². The van der Waals surface area contributed by atoms with Gasteiger partial charge in [-0.3, -0.25) is 9.59 Å². The summed E-state index contributed by atoms with van der Waals surface area (Å²) in [4.78, 5) is 23.2. The van der Waals surface area contributed by atoms with Crippen LogP contribution in [0.1, 0.15) is 24.2 Å². The summed E-state index contributed by atoms with van der Waals surface area (Å²) in [5.41, 5.74) is 0.132. The number of carbonyl (C=O) groups is 2. The van der Waals surface area contributed by atoms with Gasteiger partial charge in [0, 0.05) is 18.7 Å². The van der Waals surface area contributed by atoms with E-state index in [9.17, 15) is 18.4 Å². The van der Waals surface area contributed by atoms with Crippen LogP contribution in [-0.2, 0) is 4.79 Å². The molecule has 2 aromatic rings. The van der Waals surface area contributed by atoms with Crippen molar-refractivity contribution in [1.82, 2.24) is 5.32 Å². The van der Waals surface area contributed by atoms with E-state index in [4.69, 9.17) is 4.74 Å². The number of benzene rings is 2. The topological polar surface area (TPSA) is 67.4 Å². The van der Waals surface area contributed by atoms with E-state index in [-0.39, 0.29) is 18.0 Å². The summed E-state index contributed by atoms with van der Waals surface area (Å²) >= 11 is 0. The lowest BCUT2D eigenvalue weighted by atomic mass is 10.1. The SMILES string of the molecule is CC(=O)Nc1ccc(F)c(C(=O)NC[C@@H](C)Oc2cccc(F)c2)c1. The van der Waals surface area contributed by atoms with Gasteiger partial charge in [0.15, 0.2) is 0 Å². The van der Waals surface area contributed by atoms with Crippen LogP contribution in [0.25, 0.3) is 0 Å². The Kier molecular flexibility index (Phi) is 6.05. The fourth-order valence-corrected chi connectivity index (χ4v) is 2.13. The minimum Gasteiger partial charge on any atom is -0.489 e. The van der Waals surface area contributed by atoms with E-state index in [0.29, 0.717) is 11.4 Å². The highest BCUT2D eigenvalue weighted by atomic mass is 19.1. The fraction of sp³-hybridized carbons (Fsp3) is 0.222. The molecule has 1 atom stereocenters. The van der Waals surface area contributed by atoms with E-state index < -0.39 is 23.6 Å². The number of halogens is 2. The van der Waals surface area contributed by atoms with Crippen LogP contribution in [0, 0.1) is 11.6 Å². The average Bonchev–Trinajstić information content (AvgIpc) is 2.54. The number of rotatable bonds is 6. The summed E-state index contributed by atoms with van der Waals surface area (Å²) in [7, 11) is 0. The quantitative estimate of drug-likeness (QED) is 0.843. The molecule has 5 nitrogen and oxygen atoms in total. The molecule has 25 heavy (non-hydrogen) atoms. The maximum absolute atomic E-state index is 13.8. The molecule has 0 saturated heterocycles. The summed E-state index contributed by atoms with van der Waals surface area (Å²) in [6, 6.07) is 9.36. The van der Waals surface area contributed by atoms with Crippen molar-refractivity contribution in [2.45, 2.75) is 20.0 Å². The van der Waals surface area contributed by atoms with Crippen molar-refractivity contribution in [3.8, 4) is 5.75 Å². The zero-order valence-corrected chi connectivity index (χ0v) is 13.8. The number of hydrogen-bond acceptors (Lipinski definition) is 3. The van der Waals surface area contributed by atoms with Gasteiger partial charge in [-0.25, -0.2) is 8.78 Å². The molecule has 2 aromatic carbocycles. The van der Waals surface area contributed by atoms with Crippen molar-refractivity contribution in [3.05, 3.63) is 59.7 Å². The Morgan fingerprint density at radius 1 is 1.16 bits per heavy atom. The van der Waals surface area contributed by atoms with Crippen molar-refractivity contribution in [2.24, 2.45) is 0 Å². The first kappa shape index (κ1) is 18.4.